The summed E-state index contributed by atoms with van der Waals surface area (Å²) in [6.45, 7) is 2.05. The van der Waals surface area contributed by atoms with Crippen LogP contribution in [0.2, 0.25) is 0 Å². The van der Waals surface area contributed by atoms with Crippen molar-refractivity contribution in [3.05, 3.63) is 24.3 Å². The Bertz CT molecular complexity index is 529. The van der Waals surface area contributed by atoms with Crippen molar-refractivity contribution in [2.45, 2.75) is 31.1 Å². The van der Waals surface area contributed by atoms with Gasteiger partial charge in [-0.3, -0.25) is 4.79 Å². The Morgan fingerprint density at radius 1 is 1.20 bits per heavy atom. The molecular formula is C13H19ClN2O3S. The highest BCUT2D eigenvalue weighted by molar-refractivity contribution is 7.89. The summed E-state index contributed by atoms with van der Waals surface area (Å²) in [4.78, 5) is 11.8. The van der Waals surface area contributed by atoms with Crippen molar-refractivity contribution in [3.63, 3.8) is 0 Å². The van der Waals surface area contributed by atoms with E-state index in [1.807, 2.05) is 0 Å². The Morgan fingerprint density at radius 2 is 1.85 bits per heavy atom. The number of anilines is 1. The summed E-state index contributed by atoms with van der Waals surface area (Å²) in [7, 11) is -3.45. The van der Waals surface area contributed by atoms with Gasteiger partial charge in [0.15, 0.2) is 0 Å². The first-order chi connectivity index (χ1) is 9.49. The lowest BCUT2D eigenvalue weighted by molar-refractivity contribution is -0.116. The third-order valence-corrected chi connectivity index (χ3v) is 4.40. The quantitative estimate of drug-likeness (QED) is 0.570. The van der Waals surface area contributed by atoms with Crippen LogP contribution < -0.4 is 10.0 Å². The maximum atomic E-state index is 11.7. The van der Waals surface area contributed by atoms with Gasteiger partial charge in [0.2, 0.25) is 15.9 Å². The topological polar surface area (TPSA) is 75.3 Å². The minimum atomic E-state index is -3.45. The normalized spacial score (nSPS) is 11.3. The van der Waals surface area contributed by atoms with Crippen LogP contribution in [0.4, 0.5) is 5.69 Å². The third kappa shape index (κ3) is 5.48. The van der Waals surface area contributed by atoms with Crippen LogP contribution in [0, 0.1) is 0 Å². The third-order valence-electron chi connectivity index (χ3n) is 2.57. The summed E-state index contributed by atoms with van der Waals surface area (Å²) in [6.07, 6.45) is 1.95. The Balaban J connectivity index is 2.61. The number of unbranched alkanes of at least 4 members (excludes halogenated alkanes) is 1. The van der Waals surface area contributed by atoms with Gasteiger partial charge in [-0.1, -0.05) is 6.92 Å². The summed E-state index contributed by atoms with van der Waals surface area (Å²) in [5, 5.41) is 2.71. The average molecular weight is 319 g/mol. The number of alkyl halides is 1. The van der Waals surface area contributed by atoms with Gasteiger partial charge in [-0.25, -0.2) is 13.1 Å². The van der Waals surface area contributed by atoms with E-state index in [4.69, 9.17) is 11.6 Å². The lowest BCUT2D eigenvalue weighted by atomic mass is 10.2. The van der Waals surface area contributed by atoms with Crippen molar-refractivity contribution >= 4 is 33.2 Å². The first-order valence-electron chi connectivity index (χ1n) is 6.45. The van der Waals surface area contributed by atoms with Crippen molar-refractivity contribution < 1.29 is 13.2 Å². The summed E-state index contributed by atoms with van der Waals surface area (Å²) in [6, 6.07) is 6.08. The molecule has 0 heterocycles. The zero-order valence-electron chi connectivity index (χ0n) is 11.4. The molecule has 0 fully saturated rings. The molecule has 7 heteroatoms. The Morgan fingerprint density at radius 3 is 2.40 bits per heavy atom. The highest BCUT2D eigenvalue weighted by Gasteiger charge is 2.12. The van der Waals surface area contributed by atoms with E-state index in [9.17, 15) is 13.2 Å². The monoisotopic (exact) mass is 318 g/mol. The second-order valence-corrected chi connectivity index (χ2v) is 6.36. The highest BCUT2D eigenvalue weighted by Crippen LogP contribution is 2.14. The lowest BCUT2D eigenvalue weighted by Gasteiger charge is -2.07. The number of rotatable bonds is 8. The maximum Gasteiger partial charge on any atom is 0.240 e. The minimum Gasteiger partial charge on any atom is -0.326 e. The molecular weight excluding hydrogens is 300 g/mol. The summed E-state index contributed by atoms with van der Waals surface area (Å²) in [5.41, 5.74) is 0.580. The molecule has 2 N–H and O–H groups in total. The zero-order chi connectivity index (χ0) is 15.0. The van der Waals surface area contributed by atoms with Crippen LogP contribution in [-0.2, 0) is 14.8 Å². The summed E-state index contributed by atoms with van der Waals surface area (Å²) in [5.74, 6) is 0.446. The van der Waals surface area contributed by atoms with Gasteiger partial charge in [0.05, 0.1) is 4.90 Å². The van der Waals surface area contributed by atoms with Crippen LogP contribution in [0.3, 0.4) is 0 Å². The molecule has 1 aromatic rings. The number of sulfonamides is 1. The molecule has 0 aliphatic rings. The van der Waals surface area contributed by atoms with Crippen molar-refractivity contribution in [1.29, 1.82) is 0 Å². The van der Waals surface area contributed by atoms with E-state index in [1.165, 1.54) is 12.1 Å². The van der Waals surface area contributed by atoms with Crippen molar-refractivity contribution in [2.24, 2.45) is 0 Å². The number of carbonyl (C=O) groups is 1. The van der Waals surface area contributed by atoms with Gasteiger partial charge < -0.3 is 5.32 Å². The molecule has 1 amide bonds. The first-order valence-corrected chi connectivity index (χ1v) is 8.47. The maximum absolute atomic E-state index is 11.7. The van der Waals surface area contributed by atoms with Crippen LogP contribution in [0.5, 0.6) is 0 Å². The predicted molar refractivity (Wildman–Crippen MR) is 80.5 cm³/mol. The number of halogens is 1. The molecule has 0 bridgehead atoms. The van der Waals surface area contributed by atoms with E-state index in [0.29, 0.717) is 24.5 Å². The number of amides is 1. The molecule has 0 atom stereocenters. The molecule has 5 nitrogen and oxygen atoms in total. The van der Waals surface area contributed by atoms with Crippen LogP contribution in [0.15, 0.2) is 29.2 Å². The molecule has 0 aromatic heterocycles. The van der Waals surface area contributed by atoms with Gasteiger partial charge in [0.1, 0.15) is 0 Å². The van der Waals surface area contributed by atoms with Gasteiger partial charge in [0.25, 0.3) is 0 Å². The smallest absolute Gasteiger partial charge is 0.240 e. The number of carbonyl (C=O) groups excluding carboxylic acids is 1. The van der Waals surface area contributed by atoms with E-state index in [2.05, 4.69) is 10.0 Å². The number of benzene rings is 1. The van der Waals surface area contributed by atoms with Crippen LogP contribution >= 0.6 is 11.6 Å². The number of hydrogen-bond donors (Lipinski definition) is 2. The lowest BCUT2D eigenvalue weighted by Crippen LogP contribution is -2.23. The molecule has 0 unspecified atom stereocenters. The Labute approximate surface area is 124 Å². The van der Waals surface area contributed by atoms with Crippen molar-refractivity contribution in [2.75, 3.05) is 17.7 Å². The molecule has 0 aliphatic carbocycles. The van der Waals surface area contributed by atoms with Crippen LogP contribution in [0.1, 0.15) is 26.2 Å². The number of hydrogen-bond acceptors (Lipinski definition) is 3. The fourth-order valence-electron chi connectivity index (χ4n) is 1.59. The minimum absolute atomic E-state index is 0.0996. The van der Waals surface area contributed by atoms with Crippen LogP contribution in [-0.4, -0.2) is 26.7 Å². The molecule has 0 radical (unpaired) electrons. The molecule has 0 aliphatic heterocycles. The average Bonchev–Trinajstić information content (AvgIpc) is 2.39. The van der Waals surface area contributed by atoms with Crippen molar-refractivity contribution in [3.8, 4) is 0 Å². The van der Waals surface area contributed by atoms with E-state index < -0.39 is 10.0 Å². The van der Waals surface area contributed by atoms with Gasteiger partial charge in [-0.2, -0.15) is 0 Å². The highest BCUT2D eigenvalue weighted by atomic mass is 35.5. The van der Waals surface area contributed by atoms with E-state index >= 15 is 0 Å². The SMILES string of the molecule is CCNS(=O)(=O)c1ccc(NC(=O)CCCCCl)cc1. The number of nitrogens with one attached hydrogen (secondary N) is 2. The fourth-order valence-corrected chi connectivity index (χ4v) is 2.82. The van der Waals surface area contributed by atoms with Gasteiger partial charge in [0, 0.05) is 24.5 Å². The Hall–Kier alpha value is -1.11. The second-order valence-electron chi connectivity index (χ2n) is 4.22. The molecule has 0 saturated heterocycles. The summed E-state index contributed by atoms with van der Waals surface area (Å²) < 4.78 is 25.9. The van der Waals surface area contributed by atoms with Gasteiger partial charge in [-0.05, 0) is 37.1 Å². The molecule has 112 valence electrons. The fraction of sp³-hybridized carbons (Fsp3) is 0.462. The van der Waals surface area contributed by atoms with Gasteiger partial charge in [-0.15, -0.1) is 11.6 Å². The molecule has 1 rings (SSSR count). The van der Waals surface area contributed by atoms with E-state index in [1.54, 1.807) is 19.1 Å². The van der Waals surface area contributed by atoms with E-state index in [-0.39, 0.29) is 10.8 Å². The Kier molecular flexibility index (Phi) is 6.98. The molecule has 0 saturated carbocycles. The van der Waals surface area contributed by atoms with Crippen LogP contribution in [0.25, 0.3) is 0 Å². The largest absolute Gasteiger partial charge is 0.326 e. The summed E-state index contributed by atoms with van der Waals surface area (Å²) >= 11 is 5.54. The van der Waals surface area contributed by atoms with Crippen molar-refractivity contribution in [1.82, 2.24) is 4.72 Å². The first kappa shape index (κ1) is 16.9. The molecule has 1 aromatic carbocycles. The zero-order valence-corrected chi connectivity index (χ0v) is 12.9. The standard InChI is InChI=1S/C13H19ClN2O3S/c1-2-15-20(18,19)12-8-6-11(7-9-12)16-13(17)5-3-4-10-14/h6-9,15H,2-5,10H2,1H3,(H,16,17). The second kappa shape index (κ2) is 8.24. The molecule has 20 heavy (non-hydrogen) atoms. The molecule has 0 spiro atoms. The van der Waals surface area contributed by atoms with E-state index in [0.717, 1.165) is 12.8 Å². The van der Waals surface area contributed by atoms with Gasteiger partial charge >= 0.3 is 0 Å². The predicted octanol–water partition coefficient (Wildman–Crippen LogP) is 2.33.